The Kier molecular flexibility index (Phi) is 8.77. The summed E-state index contributed by atoms with van der Waals surface area (Å²) in [5.41, 5.74) is 7.74. The smallest absolute Gasteiger partial charge is 0.135 e. The molecule has 6 nitrogen and oxygen atoms in total. The zero-order chi connectivity index (χ0) is 56.8. The monoisotopic (exact) mass is 1110 g/mol. The third-order valence-corrected chi connectivity index (χ3v) is 13.3. The summed E-state index contributed by atoms with van der Waals surface area (Å²) in [7, 11) is 0. The van der Waals surface area contributed by atoms with Crippen LogP contribution in [-0.2, 0) is 31.9 Å². The Bertz CT molecular complexity index is 4310. The van der Waals surface area contributed by atoms with E-state index >= 15 is 0 Å². The summed E-state index contributed by atoms with van der Waals surface area (Å²) in [5.74, 6) is 1.48. The Balaban J connectivity index is 0.00000690. The fraction of sp³-hybridized carbons (Fsp3) is 0.156. The molecule has 0 fully saturated rings. The first-order valence-electron chi connectivity index (χ1n) is 28.3. The van der Waals surface area contributed by atoms with Crippen molar-refractivity contribution in [2.75, 3.05) is 9.80 Å². The maximum absolute atomic E-state index is 9.42. The fourth-order valence-electron chi connectivity index (χ4n) is 10.5. The van der Waals surface area contributed by atoms with Gasteiger partial charge < -0.3 is 23.5 Å². The molecule has 0 radical (unpaired) electrons. The minimum atomic E-state index is -0.654. The van der Waals surface area contributed by atoms with Crippen LogP contribution >= 0.6 is 0 Å². The van der Waals surface area contributed by atoms with Crippen molar-refractivity contribution in [1.29, 1.82) is 0 Å². The van der Waals surface area contributed by atoms with E-state index in [1.54, 1.807) is 12.7 Å². The standard InChI is InChI=1S/C64H53N4O2.Pt/c1-40-57(42-20-11-9-12-21-42)61(58(43-22-13-10-14-23-43)41(2)60(40)64(6,7)8)67-39-66(51-27-16-17-28-52(51)67)45-24-19-25-46(37-45)69-47-30-31-50-54(38-47)68(56-36-44(34-35-65-56)63(3,4)5)53-33-32-49-48-26-15-18-29-55(48)70-62(49)59(50)53;/h9-36,39H,1-8H3;/q-3;/i9D,10D,11D,12D,13D,14D,20D,21D,22D,23D;. The summed E-state index contributed by atoms with van der Waals surface area (Å²) in [4.78, 5) is 8.61. The number of nitrogens with zero attached hydrogens (tertiary/aromatic N) is 4. The first-order valence-corrected chi connectivity index (χ1v) is 23.3. The average molecular weight is 1120 g/mol. The van der Waals surface area contributed by atoms with Crippen molar-refractivity contribution in [2.45, 2.75) is 66.2 Å². The van der Waals surface area contributed by atoms with Crippen LogP contribution in [0, 0.1) is 32.6 Å². The summed E-state index contributed by atoms with van der Waals surface area (Å²) < 4.78 is 106. The molecule has 0 spiro atoms. The third-order valence-electron chi connectivity index (χ3n) is 13.3. The van der Waals surface area contributed by atoms with E-state index in [4.69, 9.17) is 22.4 Å². The van der Waals surface area contributed by atoms with E-state index in [1.807, 2.05) is 123 Å². The summed E-state index contributed by atoms with van der Waals surface area (Å²) in [6.07, 6.45) is 1.83. The molecule has 3 aromatic heterocycles. The number of rotatable bonds is 7. The maximum Gasteiger partial charge on any atom is 0.135 e. The van der Waals surface area contributed by atoms with E-state index in [0.717, 1.165) is 54.9 Å². The Morgan fingerprint density at radius 2 is 1.27 bits per heavy atom. The Morgan fingerprint density at radius 1 is 0.634 bits per heavy atom. The number of furan rings is 1. The number of fused-ring (bicyclic) bond motifs is 8. The number of pyridine rings is 1. The van der Waals surface area contributed by atoms with E-state index < -0.39 is 65.8 Å². The second-order valence-corrected chi connectivity index (χ2v) is 19.8. The molecule has 4 heterocycles. The number of hydrogen-bond acceptors (Lipinski definition) is 5. The predicted molar refractivity (Wildman–Crippen MR) is 289 cm³/mol. The molecule has 354 valence electrons. The third kappa shape index (κ3) is 7.72. The SMILES string of the molecule is [2H]c1c([2H])c([2H])c(-c2c(C)c(C(C)(C)C)c(C)c(-c3c([2H])c([2H])c([2H])c([2H])c3[2H])c2N2[CH-]N(c3[c-]c(Oc4[c-]c5c(cc4)c4c6oc7ccccc7c6ccc4n5-c4cc(C(C)(C)C)ccn4)ccc3)c3ccccc32)c([2H])c1[2H].[Pt]. The van der Waals surface area contributed by atoms with Crippen LogP contribution in [0.2, 0.25) is 0 Å². The van der Waals surface area contributed by atoms with Crippen molar-refractivity contribution in [1.82, 2.24) is 9.55 Å². The van der Waals surface area contributed by atoms with Crippen molar-refractivity contribution in [3.8, 4) is 39.6 Å². The largest absolute Gasteiger partial charge is 0.509 e. The molecular weight excluding hydrogens is 1050 g/mol. The van der Waals surface area contributed by atoms with Crippen LogP contribution in [-0.4, -0.2) is 9.55 Å². The quantitative estimate of drug-likeness (QED) is 0.149. The van der Waals surface area contributed by atoms with Crippen LogP contribution in [0.25, 0.3) is 71.8 Å². The summed E-state index contributed by atoms with van der Waals surface area (Å²) in [6.45, 7) is 18.0. The summed E-state index contributed by atoms with van der Waals surface area (Å²) >= 11 is 0. The number of para-hydroxylation sites is 3. The normalized spacial score (nSPS) is 14.8. The number of aromatic nitrogens is 2. The van der Waals surface area contributed by atoms with Crippen LogP contribution in [0.3, 0.4) is 0 Å². The van der Waals surface area contributed by atoms with Crippen molar-refractivity contribution in [2.24, 2.45) is 0 Å². The molecule has 71 heavy (non-hydrogen) atoms. The molecule has 0 saturated carbocycles. The van der Waals surface area contributed by atoms with Crippen LogP contribution in [0.15, 0.2) is 174 Å². The molecule has 7 heteroatoms. The molecule has 0 saturated heterocycles. The van der Waals surface area contributed by atoms with Crippen molar-refractivity contribution < 1.29 is 43.9 Å². The van der Waals surface area contributed by atoms with Crippen LogP contribution in [0.4, 0.5) is 22.7 Å². The van der Waals surface area contributed by atoms with Gasteiger partial charge >= 0.3 is 0 Å². The molecule has 0 aliphatic carbocycles. The van der Waals surface area contributed by atoms with Crippen molar-refractivity contribution in [3.63, 3.8) is 0 Å². The average Bonchev–Trinajstić information content (AvgIpc) is 4.14. The summed E-state index contributed by atoms with van der Waals surface area (Å²) in [5, 5.41) is 3.83. The molecule has 12 rings (SSSR count). The maximum atomic E-state index is 9.42. The van der Waals surface area contributed by atoms with Gasteiger partial charge in [-0.3, -0.25) is 0 Å². The zero-order valence-electron chi connectivity index (χ0n) is 50.4. The molecule has 1 aliphatic heterocycles. The molecular formula is C64H53N4O2Pt-3. The van der Waals surface area contributed by atoms with Crippen LogP contribution in [0.5, 0.6) is 11.5 Å². The first-order chi connectivity index (χ1) is 38.0. The Morgan fingerprint density at radius 3 is 1.94 bits per heavy atom. The number of ether oxygens (including phenoxy) is 1. The summed E-state index contributed by atoms with van der Waals surface area (Å²) in [6, 6.07) is 35.3. The van der Waals surface area contributed by atoms with Crippen LogP contribution < -0.4 is 14.5 Å². The van der Waals surface area contributed by atoms with Gasteiger partial charge in [0.05, 0.1) is 13.7 Å². The van der Waals surface area contributed by atoms with Crippen molar-refractivity contribution in [3.05, 3.63) is 211 Å². The van der Waals surface area contributed by atoms with Gasteiger partial charge in [-0.25, -0.2) is 4.98 Å². The molecule has 8 aromatic carbocycles. The van der Waals surface area contributed by atoms with Gasteiger partial charge in [0.15, 0.2) is 0 Å². The van der Waals surface area contributed by atoms with Crippen molar-refractivity contribution >= 4 is 66.5 Å². The van der Waals surface area contributed by atoms with E-state index in [-0.39, 0.29) is 54.4 Å². The van der Waals surface area contributed by atoms with Gasteiger partial charge in [0.2, 0.25) is 0 Å². The molecule has 0 unspecified atom stereocenters. The van der Waals surface area contributed by atoms with Gasteiger partial charge in [0.25, 0.3) is 0 Å². The molecule has 0 N–H and O–H groups in total. The zero-order valence-corrected chi connectivity index (χ0v) is 42.7. The number of hydrogen-bond donors (Lipinski definition) is 0. The number of benzene rings is 8. The van der Waals surface area contributed by atoms with Gasteiger partial charge in [-0.2, -0.15) is 12.1 Å². The molecule has 0 atom stereocenters. The van der Waals surface area contributed by atoms with Gasteiger partial charge in [-0.15, -0.1) is 42.7 Å². The second-order valence-electron chi connectivity index (χ2n) is 19.8. The van der Waals surface area contributed by atoms with Gasteiger partial charge in [0.1, 0.15) is 17.0 Å². The molecule has 1 aliphatic rings. The van der Waals surface area contributed by atoms with E-state index in [2.05, 4.69) is 61.7 Å². The Labute approximate surface area is 444 Å². The molecule has 0 bridgehead atoms. The fourth-order valence-corrected chi connectivity index (χ4v) is 10.5. The van der Waals surface area contributed by atoms with Gasteiger partial charge in [-0.05, 0) is 106 Å². The topological polar surface area (TPSA) is 46.7 Å². The molecule has 11 aromatic rings. The van der Waals surface area contributed by atoms with E-state index in [1.165, 1.54) is 0 Å². The van der Waals surface area contributed by atoms with E-state index in [0.29, 0.717) is 45.5 Å². The number of anilines is 4. The minimum Gasteiger partial charge on any atom is -0.509 e. The van der Waals surface area contributed by atoms with Crippen LogP contribution in [0.1, 0.15) is 77.5 Å². The minimum absolute atomic E-state index is 0. The first kappa shape index (κ1) is 35.7. The molecule has 0 amide bonds. The predicted octanol–water partition coefficient (Wildman–Crippen LogP) is 17.4. The second kappa shape index (κ2) is 17.5. The Hall–Kier alpha value is -7.40. The van der Waals surface area contributed by atoms with Gasteiger partial charge in [0, 0.05) is 83.2 Å². The van der Waals surface area contributed by atoms with Gasteiger partial charge in [-0.1, -0.05) is 143 Å². The van der Waals surface area contributed by atoms with E-state index in [9.17, 15) is 5.48 Å².